The first-order valence-electron chi connectivity index (χ1n) is 15.6. The average molecular weight is 557 g/mol. The molecule has 0 heterocycles. The molecule has 0 heteroatoms. The van der Waals surface area contributed by atoms with Crippen LogP contribution >= 0.6 is 0 Å². The monoisotopic (exact) mass is 556 g/mol. The second kappa shape index (κ2) is 10.1. The summed E-state index contributed by atoms with van der Waals surface area (Å²) in [6.45, 7) is 16.0. The van der Waals surface area contributed by atoms with Crippen molar-refractivity contribution >= 4 is 16.7 Å². The van der Waals surface area contributed by atoms with E-state index in [0.29, 0.717) is 0 Å². The van der Waals surface area contributed by atoms with Crippen LogP contribution in [0.5, 0.6) is 0 Å². The third-order valence-corrected chi connectivity index (χ3v) is 10.1. The van der Waals surface area contributed by atoms with Crippen LogP contribution < -0.4 is 0 Å². The van der Waals surface area contributed by atoms with Crippen LogP contribution in [0, 0.1) is 0 Å². The summed E-state index contributed by atoms with van der Waals surface area (Å²) >= 11 is 0. The van der Waals surface area contributed by atoms with Gasteiger partial charge in [0.05, 0.1) is 0 Å². The average Bonchev–Trinajstić information content (AvgIpc) is 3.39. The predicted octanol–water partition coefficient (Wildman–Crippen LogP) is 11.7. The molecule has 0 atom stereocenters. The molecular weight excluding hydrogens is 516 g/mol. The van der Waals surface area contributed by atoms with Gasteiger partial charge in [-0.25, -0.2) is 0 Å². The molecule has 0 amide bonds. The van der Waals surface area contributed by atoms with E-state index in [4.69, 9.17) is 0 Å². The number of hydrogen-bond donors (Lipinski definition) is 0. The Morgan fingerprint density at radius 3 is 2.21 bits per heavy atom. The minimum absolute atomic E-state index is 0.00540. The molecule has 0 N–H and O–H groups in total. The van der Waals surface area contributed by atoms with Gasteiger partial charge >= 0.3 is 0 Å². The van der Waals surface area contributed by atoms with E-state index in [1.807, 2.05) is 0 Å². The lowest BCUT2D eigenvalue weighted by Gasteiger charge is -2.25. The van der Waals surface area contributed by atoms with E-state index in [0.717, 1.165) is 12.8 Å². The largest absolute Gasteiger partial charge is 0.0984 e. The third kappa shape index (κ3) is 4.35. The fraction of sp³-hybridized carbons (Fsp3) is 0.209. The maximum atomic E-state index is 4.27. The van der Waals surface area contributed by atoms with Gasteiger partial charge in [0.25, 0.3) is 0 Å². The van der Waals surface area contributed by atoms with Crippen molar-refractivity contribution in [3.63, 3.8) is 0 Å². The minimum atomic E-state index is -0.142. The summed E-state index contributed by atoms with van der Waals surface area (Å²) in [5, 5.41) is 0. The van der Waals surface area contributed by atoms with Gasteiger partial charge in [0.1, 0.15) is 0 Å². The molecule has 4 aromatic rings. The van der Waals surface area contributed by atoms with Gasteiger partial charge in [-0.1, -0.05) is 131 Å². The molecule has 7 rings (SSSR count). The first-order valence-corrected chi connectivity index (χ1v) is 15.6. The van der Waals surface area contributed by atoms with Crippen molar-refractivity contribution in [3.05, 3.63) is 161 Å². The highest BCUT2D eigenvalue weighted by Gasteiger charge is 2.37. The number of rotatable bonds is 5. The lowest BCUT2D eigenvalue weighted by Crippen LogP contribution is -2.16. The van der Waals surface area contributed by atoms with Crippen molar-refractivity contribution in [2.45, 2.75) is 58.3 Å². The van der Waals surface area contributed by atoms with Crippen LogP contribution in [0.2, 0.25) is 0 Å². The van der Waals surface area contributed by atoms with Gasteiger partial charge in [0.2, 0.25) is 0 Å². The molecule has 0 radical (unpaired) electrons. The van der Waals surface area contributed by atoms with Crippen molar-refractivity contribution in [1.29, 1.82) is 0 Å². The Morgan fingerprint density at radius 1 is 0.698 bits per heavy atom. The Balaban J connectivity index is 1.25. The summed E-state index contributed by atoms with van der Waals surface area (Å²) < 4.78 is 0. The summed E-state index contributed by atoms with van der Waals surface area (Å²) in [6.07, 6.45) is 13.4. The number of fused-ring (bicyclic) bond motifs is 4. The Labute approximate surface area is 257 Å². The van der Waals surface area contributed by atoms with E-state index in [9.17, 15) is 0 Å². The molecule has 0 saturated heterocycles. The van der Waals surface area contributed by atoms with Crippen LogP contribution in [0.4, 0.5) is 0 Å². The standard InChI is InChI=1S/C43H40/c1-7-34-36-23-21-33(32-17-13-16-31(25-32)29-14-9-8-10-15-29)27-41(36)43(5,6)39(34)24-28(2)30-20-22-37-35-18-11-12-19-38(35)42(3,4)40(37)26-30/h7-9,11-14,16-27H,1,10,15H2,2-6H3/b28-24+. The molecule has 3 aliphatic rings. The smallest absolute Gasteiger partial charge is 0.0159 e. The SMILES string of the molecule is C=CC1=C(/C=C(\C)c2ccc3c(c2)C(C)(C)c2ccccc2-3)C(C)(C)c2cc(-c3cccc(C4=CC=CCC4)c3)ccc21. The molecular formula is C43H40. The van der Waals surface area contributed by atoms with E-state index in [2.05, 4.69) is 157 Å². The van der Waals surface area contributed by atoms with Crippen molar-refractivity contribution in [1.82, 2.24) is 0 Å². The van der Waals surface area contributed by atoms with Crippen LogP contribution in [-0.2, 0) is 10.8 Å². The van der Waals surface area contributed by atoms with Gasteiger partial charge in [0.15, 0.2) is 0 Å². The lowest BCUT2D eigenvalue weighted by atomic mass is 9.79. The van der Waals surface area contributed by atoms with Crippen molar-refractivity contribution < 1.29 is 0 Å². The van der Waals surface area contributed by atoms with Gasteiger partial charge in [-0.05, 0) is 116 Å². The highest BCUT2D eigenvalue weighted by Crippen LogP contribution is 2.51. The van der Waals surface area contributed by atoms with Gasteiger partial charge in [-0.2, -0.15) is 0 Å². The molecule has 4 aromatic carbocycles. The second-order valence-corrected chi connectivity index (χ2v) is 13.4. The van der Waals surface area contributed by atoms with Gasteiger partial charge < -0.3 is 0 Å². The molecule has 212 valence electrons. The number of benzene rings is 4. The molecule has 0 bridgehead atoms. The van der Waals surface area contributed by atoms with E-state index in [1.165, 1.54) is 77.9 Å². The first-order chi connectivity index (χ1) is 20.7. The van der Waals surface area contributed by atoms with E-state index < -0.39 is 0 Å². The maximum Gasteiger partial charge on any atom is 0.0159 e. The van der Waals surface area contributed by atoms with E-state index in [-0.39, 0.29) is 10.8 Å². The second-order valence-electron chi connectivity index (χ2n) is 13.4. The molecule has 0 spiro atoms. The highest BCUT2D eigenvalue weighted by atomic mass is 14.4. The molecule has 0 fully saturated rings. The first kappa shape index (κ1) is 27.4. The molecule has 0 aliphatic heterocycles. The quantitative estimate of drug-likeness (QED) is 0.229. The molecule has 0 nitrogen and oxygen atoms in total. The van der Waals surface area contributed by atoms with E-state index in [1.54, 1.807) is 0 Å². The maximum absolute atomic E-state index is 4.27. The molecule has 43 heavy (non-hydrogen) atoms. The summed E-state index contributed by atoms with van der Waals surface area (Å²) in [7, 11) is 0. The van der Waals surface area contributed by atoms with Crippen molar-refractivity contribution in [2.24, 2.45) is 0 Å². The fourth-order valence-electron chi connectivity index (χ4n) is 7.57. The van der Waals surface area contributed by atoms with Crippen LogP contribution in [0.1, 0.15) is 80.8 Å². The predicted molar refractivity (Wildman–Crippen MR) is 186 cm³/mol. The van der Waals surface area contributed by atoms with Crippen LogP contribution in [0.25, 0.3) is 39.0 Å². The van der Waals surface area contributed by atoms with Crippen molar-refractivity contribution in [2.75, 3.05) is 0 Å². The summed E-state index contributed by atoms with van der Waals surface area (Å²) in [5.74, 6) is 0. The number of hydrogen-bond acceptors (Lipinski definition) is 0. The van der Waals surface area contributed by atoms with Gasteiger partial charge in [0, 0.05) is 10.8 Å². The molecule has 3 aliphatic carbocycles. The van der Waals surface area contributed by atoms with Crippen LogP contribution in [-0.4, -0.2) is 0 Å². The molecule has 0 unspecified atom stereocenters. The topological polar surface area (TPSA) is 0 Å². The zero-order valence-corrected chi connectivity index (χ0v) is 26.1. The lowest BCUT2D eigenvalue weighted by molar-refractivity contribution is 0.654. The molecule has 0 aromatic heterocycles. The summed E-state index contributed by atoms with van der Waals surface area (Å²) in [6, 6.07) is 32.0. The van der Waals surface area contributed by atoms with Gasteiger partial charge in [-0.3, -0.25) is 0 Å². The summed E-state index contributed by atoms with van der Waals surface area (Å²) in [5.41, 5.74) is 18.5. The fourth-order valence-corrected chi connectivity index (χ4v) is 7.57. The Hall–Kier alpha value is -4.42. The zero-order valence-electron chi connectivity index (χ0n) is 26.1. The normalized spacial score (nSPS) is 17.8. The third-order valence-electron chi connectivity index (χ3n) is 10.1. The number of allylic oxidation sites excluding steroid dienone is 9. The highest BCUT2D eigenvalue weighted by molar-refractivity contribution is 5.91. The zero-order chi connectivity index (χ0) is 29.9. The van der Waals surface area contributed by atoms with Crippen molar-refractivity contribution in [3.8, 4) is 22.3 Å². The van der Waals surface area contributed by atoms with Crippen LogP contribution in [0.3, 0.4) is 0 Å². The minimum Gasteiger partial charge on any atom is -0.0984 e. The summed E-state index contributed by atoms with van der Waals surface area (Å²) in [4.78, 5) is 0. The Kier molecular flexibility index (Phi) is 6.44. The van der Waals surface area contributed by atoms with E-state index >= 15 is 0 Å². The van der Waals surface area contributed by atoms with Crippen LogP contribution in [0.15, 0.2) is 127 Å². The Morgan fingerprint density at radius 2 is 1.42 bits per heavy atom. The van der Waals surface area contributed by atoms with Gasteiger partial charge in [-0.15, -0.1) is 0 Å². The Bertz CT molecular complexity index is 1930. The molecule has 0 saturated carbocycles.